The molecule has 0 aliphatic carbocycles. The van der Waals surface area contributed by atoms with Crippen LogP contribution in [0.4, 0.5) is 4.79 Å². The lowest BCUT2D eigenvalue weighted by Crippen LogP contribution is -2.43. The Kier molecular flexibility index (Phi) is 6.00. The van der Waals surface area contributed by atoms with Gasteiger partial charge in [-0.3, -0.25) is 23.7 Å². The lowest BCUT2D eigenvalue weighted by atomic mass is 9.83. The first-order valence-electron chi connectivity index (χ1n) is 10.5. The van der Waals surface area contributed by atoms with Crippen LogP contribution in [0.3, 0.4) is 0 Å². The Balaban J connectivity index is 1.59. The number of carbonyl (C=O) groups excluding carboxylic acids is 4. The van der Waals surface area contributed by atoms with E-state index < -0.39 is 34.9 Å². The number of likely N-dealkylation sites (tertiary alicyclic amines) is 1. The van der Waals surface area contributed by atoms with E-state index in [2.05, 4.69) is 0 Å². The van der Waals surface area contributed by atoms with Gasteiger partial charge < -0.3 is 15.4 Å². The Labute approximate surface area is 206 Å². The van der Waals surface area contributed by atoms with Crippen LogP contribution in [0.1, 0.15) is 16.4 Å². The van der Waals surface area contributed by atoms with Gasteiger partial charge in [-0.2, -0.15) is 4.90 Å². The average molecular weight is 523 g/mol. The molecule has 0 bridgehead atoms. The minimum atomic E-state index is -1.14. The maximum atomic E-state index is 13.1. The molecule has 2 fully saturated rings. The van der Waals surface area contributed by atoms with Crippen molar-refractivity contribution < 1.29 is 23.9 Å². The summed E-state index contributed by atoms with van der Waals surface area (Å²) in [7, 11) is 0. The topological polar surface area (TPSA) is 132 Å². The molecule has 2 saturated heterocycles. The normalized spacial score (nSPS) is 24.2. The van der Waals surface area contributed by atoms with Crippen molar-refractivity contribution in [1.29, 1.82) is 0 Å². The molecule has 0 spiro atoms. The van der Waals surface area contributed by atoms with Crippen molar-refractivity contribution in [3.05, 3.63) is 49.4 Å². The Bertz CT molecular complexity index is 1250. The maximum absolute atomic E-state index is 13.1. The number of urea groups is 1. The van der Waals surface area contributed by atoms with Crippen LogP contribution in [0.15, 0.2) is 34.1 Å². The molecule has 5 rings (SSSR count). The second kappa shape index (κ2) is 8.84. The zero-order valence-corrected chi connectivity index (χ0v) is 20.0. The summed E-state index contributed by atoms with van der Waals surface area (Å²) in [6.45, 7) is 1.54. The maximum Gasteiger partial charge on any atom is 0.328 e. The SMILES string of the molecule is NC(=O)N1C(=O)C2Sc3c(sc(=O)n3CC(=O)N3CCOCC3)C(c3ccc(Cl)cc3)C2C1=O. The van der Waals surface area contributed by atoms with Gasteiger partial charge in [0.05, 0.1) is 24.2 Å². The summed E-state index contributed by atoms with van der Waals surface area (Å²) >= 11 is 8.01. The van der Waals surface area contributed by atoms with Gasteiger partial charge in [-0.05, 0) is 17.7 Å². The van der Waals surface area contributed by atoms with E-state index in [1.54, 1.807) is 29.2 Å². The van der Waals surface area contributed by atoms with Gasteiger partial charge in [0.25, 0.3) is 5.91 Å². The molecule has 2 N–H and O–H groups in total. The average Bonchev–Trinajstić information content (AvgIpc) is 3.26. The Morgan fingerprint density at radius 2 is 1.76 bits per heavy atom. The summed E-state index contributed by atoms with van der Waals surface area (Å²) in [6, 6.07) is 5.62. The summed E-state index contributed by atoms with van der Waals surface area (Å²) in [5.74, 6) is -3.24. The number of ether oxygens (including phenoxy) is 1. The number of imide groups is 3. The number of rotatable bonds is 3. The number of nitrogens with zero attached hydrogens (tertiary/aromatic N) is 3. The van der Waals surface area contributed by atoms with Gasteiger partial charge in [0, 0.05) is 28.9 Å². The van der Waals surface area contributed by atoms with Crippen LogP contribution < -0.4 is 10.6 Å². The van der Waals surface area contributed by atoms with Crippen molar-refractivity contribution in [2.75, 3.05) is 26.3 Å². The number of benzene rings is 1. The standard InChI is InChI=1S/C21H19ClN4O6S2/c22-11-3-1-10(2-4-11)13-14-15(18(29)26(17(14)28)20(23)30)33-19-16(13)34-21(31)25(19)9-12(27)24-5-7-32-8-6-24/h1-4,13-15H,5-9H2,(H2,23,30). The Morgan fingerprint density at radius 1 is 1.09 bits per heavy atom. The van der Waals surface area contributed by atoms with Crippen LogP contribution in [-0.4, -0.2) is 69.7 Å². The van der Waals surface area contributed by atoms with Crippen molar-refractivity contribution in [3.8, 4) is 0 Å². The molecule has 3 atom stereocenters. The second-order valence-corrected chi connectivity index (χ2v) is 10.6. The summed E-state index contributed by atoms with van der Waals surface area (Å²) in [4.78, 5) is 66.2. The van der Waals surface area contributed by atoms with Crippen LogP contribution in [-0.2, 0) is 25.7 Å². The van der Waals surface area contributed by atoms with Crippen molar-refractivity contribution >= 4 is 58.5 Å². The van der Waals surface area contributed by atoms with E-state index in [4.69, 9.17) is 22.1 Å². The quantitative estimate of drug-likeness (QED) is 0.597. The highest BCUT2D eigenvalue weighted by Crippen LogP contribution is 2.53. The molecule has 0 radical (unpaired) electrons. The minimum Gasteiger partial charge on any atom is -0.378 e. The third-order valence-corrected chi connectivity index (χ3v) is 9.01. The number of amides is 5. The van der Waals surface area contributed by atoms with Crippen molar-refractivity contribution in [2.24, 2.45) is 11.7 Å². The summed E-state index contributed by atoms with van der Waals surface area (Å²) in [6.07, 6.45) is 0. The zero-order valence-electron chi connectivity index (χ0n) is 17.6. The van der Waals surface area contributed by atoms with Gasteiger partial charge in [-0.15, -0.1) is 0 Å². The fourth-order valence-corrected chi connectivity index (χ4v) is 7.45. The zero-order chi connectivity index (χ0) is 24.1. The number of hydrogen-bond acceptors (Lipinski definition) is 8. The van der Waals surface area contributed by atoms with Gasteiger partial charge in [-0.1, -0.05) is 46.8 Å². The van der Waals surface area contributed by atoms with Crippen LogP contribution in [0.5, 0.6) is 0 Å². The lowest BCUT2D eigenvalue weighted by molar-refractivity contribution is -0.137. The second-order valence-electron chi connectivity index (χ2n) is 8.06. The first-order valence-corrected chi connectivity index (χ1v) is 12.5. The van der Waals surface area contributed by atoms with Crippen molar-refractivity contribution in [3.63, 3.8) is 0 Å². The van der Waals surface area contributed by atoms with Gasteiger partial charge >= 0.3 is 10.9 Å². The number of morpholine rings is 1. The van der Waals surface area contributed by atoms with Crippen molar-refractivity contribution in [1.82, 2.24) is 14.4 Å². The molecule has 3 aliphatic rings. The number of carbonyl (C=O) groups is 4. The molecular weight excluding hydrogens is 504 g/mol. The van der Waals surface area contributed by atoms with E-state index in [1.807, 2.05) is 0 Å². The summed E-state index contributed by atoms with van der Waals surface area (Å²) in [5.41, 5.74) is 5.99. The van der Waals surface area contributed by atoms with E-state index in [0.717, 1.165) is 23.1 Å². The van der Waals surface area contributed by atoms with Crippen molar-refractivity contribution in [2.45, 2.75) is 22.7 Å². The number of fused-ring (bicyclic) bond motifs is 2. The molecule has 1 aromatic heterocycles. The highest BCUT2D eigenvalue weighted by atomic mass is 35.5. The highest BCUT2D eigenvalue weighted by Gasteiger charge is 2.57. The van der Waals surface area contributed by atoms with E-state index in [0.29, 0.717) is 51.7 Å². The Morgan fingerprint density at radius 3 is 2.41 bits per heavy atom. The van der Waals surface area contributed by atoms with Gasteiger partial charge in [0.15, 0.2) is 0 Å². The van der Waals surface area contributed by atoms with E-state index >= 15 is 0 Å². The molecule has 5 amide bonds. The molecule has 0 saturated carbocycles. The predicted octanol–water partition coefficient (Wildman–Crippen LogP) is 1.09. The number of aromatic nitrogens is 1. The highest BCUT2D eigenvalue weighted by molar-refractivity contribution is 8.00. The molecule has 4 heterocycles. The number of halogens is 1. The fraction of sp³-hybridized carbons (Fsp3) is 0.381. The minimum absolute atomic E-state index is 0.190. The number of thiazole rings is 1. The number of primary amides is 1. The van der Waals surface area contributed by atoms with E-state index in [1.165, 1.54) is 4.57 Å². The number of nitrogens with two attached hydrogens (primary N) is 1. The largest absolute Gasteiger partial charge is 0.378 e. The monoisotopic (exact) mass is 522 g/mol. The predicted molar refractivity (Wildman–Crippen MR) is 124 cm³/mol. The van der Waals surface area contributed by atoms with Gasteiger partial charge in [0.1, 0.15) is 11.8 Å². The first kappa shape index (κ1) is 23.1. The molecule has 3 unspecified atom stereocenters. The third kappa shape index (κ3) is 3.74. The molecule has 2 aromatic rings. The summed E-state index contributed by atoms with van der Waals surface area (Å²) < 4.78 is 6.64. The molecule has 178 valence electrons. The van der Waals surface area contributed by atoms with Crippen LogP contribution in [0.25, 0.3) is 0 Å². The summed E-state index contributed by atoms with van der Waals surface area (Å²) in [5, 5.41) is -0.0163. The van der Waals surface area contributed by atoms with E-state index in [-0.39, 0.29) is 17.3 Å². The van der Waals surface area contributed by atoms with Gasteiger partial charge in [0.2, 0.25) is 11.8 Å². The molecule has 3 aliphatic heterocycles. The fourth-order valence-electron chi connectivity index (χ4n) is 4.55. The number of hydrogen-bond donors (Lipinski definition) is 1. The van der Waals surface area contributed by atoms with Crippen LogP contribution in [0.2, 0.25) is 5.02 Å². The van der Waals surface area contributed by atoms with E-state index in [9.17, 15) is 24.0 Å². The molecule has 10 nitrogen and oxygen atoms in total. The molecule has 34 heavy (non-hydrogen) atoms. The smallest absolute Gasteiger partial charge is 0.328 e. The molecular formula is C21H19ClN4O6S2. The molecule has 13 heteroatoms. The lowest BCUT2D eigenvalue weighted by Gasteiger charge is -2.31. The van der Waals surface area contributed by atoms with Crippen LogP contribution >= 0.6 is 34.7 Å². The number of thioether (sulfide) groups is 1. The Hall–Kier alpha value is -2.67. The molecule has 1 aromatic carbocycles. The third-order valence-electron chi connectivity index (χ3n) is 6.16. The van der Waals surface area contributed by atoms with Crippen LogP contribution in [0, 0.1) is 5.92 Å². The first-order chi connectivity index (χ1) is 16.3. The van der Waals surface area contributed by atoms with Gasteiger partial charge in [-0.25, -0.2) is 4.79 Å².